The van der Waals surface area contributed by atoms with Gasteiger partial charge in [0.1, 0.15) is 0 Å². The Labute approximate surface area is 214 Å². The molecule has 7 heteroatoms. The van der Waals surface area contributed by atoms with Gasteiger partial charge in [0, 0.05) is 37.6 Å². The van der Waals surface area contributed by atoms with Crippen LogP contribution >= 0.6 is 0 Å². The fraction of sp³-hybridized carbons (Fsp3) is 0.310. The highest BCUT2D eigenvalue weighted by atomic mass is 28.3. The number of hydrogen-bond donors (Lipinski definition) is 0. The van der Waals surface area contributed by atoms with Gasteiger partial charge in [0.2, 0.25) is 0 Å². The quantitative estimate of drug-likeness (QED) is 0.442. The van der Waals surface area contributed by atoms with Crippen molar-refractivity contribution in [2.75, 3.05) is 35.3 Å². The Bertz CT molecular complexity index is 1090. The minimum Gasteiger partial charge on any atom is -0.325 e. The minimum atomic E-state index is -3.24. The van der Waals surface area contributed by atoms with Gasteiger partial charge in [-0.25, -0.2) is 9.59 Å². The first-order valence-electron chi connectivity index (χ1n) is 12.9. The van der Waals surface area contributed by atoms with E-state index in [1.165, 1.54) is 0 Å². The summed E-state index contributed by atoms with van der Waals surface area (Å²) >= 11 is 0. The van der Waals surface area contributed by atoms with Crippen LogP contribution in [0.5, 0.6) is 0 Å². The summed E-state index contributed by atoms with van der Waals surface area (Å²) < 4.78 is 3.93. The lowest BCUT2D eigenvalue weighted by molar-refractivity contribution is 0.217. The zero-order valence-electron chi connectivity index (χ0n) is 20.9. The lowest BCUT2D eigenvalue weighted by Crippen LogP contribution is -2.76. The highest BCUT2D eigenvalue weighted by molar-refractivity contribution is 7.00. The maximum absolute atomic E-state index is 14.4. The SMILES string of the molecule is C[Si](c1ccccc1)(N(C(=O)N1CCCC1)c1ccccc1)N(C(=O)N1CCCC1)c1ccccc1. The zero-order chi connectivity index (χ0) is 25.0. The molecule has 4 amide bonds. The van der Waals surface area contributed by atoms with Gasteiger partial charge >= 0.3 is 20.5 Å². The lowest BCUT2D eigenvalue weighted by atomic mass is 10.3. The molecule has 5 rings (SSSR count). The molecule has 2 saturated heterocycles. The van der Waals surface area contributed by atoms with E-state index in [1.807, 2.05) is 97.8 Å². The predicted octanol–water partition coefficient (Wildman–Crippen LogP) is 5.41. The van der Waals surface area contributed by atoms with Crippen LogP contribution in [0.1, 0.15) is 25.7 Å². The van der Waals surface area contributed by atoms with Gasteiger partial charge in [-0.1, -0.05) is 66.7 Å². The van der Waals surface area contributed by atoms with E-state index in [0.717, 1.165) is 68.4 Å². The number of likely N-dealkylation sites (tertiary alicyclic amines) is 2. The third-order valence-electron chi connectivity index (χ3n) is 7.36. The predicted molar refractivity (Wildman–Crippen MR) is 148 cm³/mol. The number of hydrogen-bond acceptors (Lipinski definition) is 2. The second-order valence-corrected chi connectivity index (χ2v) is 13.2. The highest BCUT2D eigenvalue weighted by Crippen LogP contribution is 2.32. The molecule has 3 aromatic carbocycles. The van der Waals surface area contributed by atoms with Gasteiger partial charge in [-0.15, -0.1) is 0 Å². The Morgan fingerprint density at radius 3 is 1.28 bits per heavy atom. The first-order valence-corrected chi connectivity index (χ1v) is 15.3. The van der Waals surface area contributed by atoms with Gasteiger partial charge in [-0.05, 0) is 61.7 Å². The number of carbonyl (C=O) groups is 2. The van der Waals surface area contributed by atoms with E-state index in [0.29, 0.717) is 0 Å². The average molecular weight is 499 g/mol. The van der Waals surface area contributed by atoms with Crippen molar-refractivity contribution >= 4 is 37.0 Å². The van der Waals surface area contributed by atoms with E-state index >= 15 is 0 Å². The van der Waals surface area contributed by atoms with Crippen LogP contribution in [-0.2, 0) is 0 Å². The molecule has 0 radical (unpaired) electrons. The summed E-state index contributed by atoms with van der Waals surface area (Å²) in [5.74, 6) is 0. The average Bonchev–Trinajstić information content (AvgIpc) is 3.66. The van der Waals surface area contributed by atoms with E-state index in [1.54, 1.807) is 0 Å². The van der Waals surface area contributed by atoms with E-state index in [9.17, 15) is 9.59 Å². The van der Waals surface area contributed by atoms with Gasteiger partial charge in [-0.3, -0.25) is 9.13 Å². The summed E-state index contributed by atoms with van der Waals surface area (Å²) in [5, 5.41) is 1.01. The molecule has 0 unspecified atom stereocenters. The highest BCUT2D eigenvalue weighted by Gasteiger charge is 2.52. The van der Waals surface area contributed by atoms with Crippen molar-refractivity contribution in [2.45, 2.75) is 32.2 Å². The summed E-state index contributed by atoms with van der Waals surface area (Å²) in [6.07, 6.45) is 4.03. The van der Waals surface area contributed by atoms with Crippen LogP contribution in [0.4, 0.5) is 21.0 Å². The molecular formula is C29H34N4O2Si. The van der Waals surface area contributed by atoms with Gasteiger partial charge in [-0.2, -0.15) is 0 Å². The molecule has 6 nitrogen and oxygen atoms in total. The summed E-state index contributed by atoms with van der Waals surface area (Å²) in [7, 11) is -3.24. The van der Waals surface area contributed by atoms with Gasteiger partial charge in [0.05, 0.1) is 0 Å². The largest absolute Gasteiger partial charge is 0.325 e. The summed E-state index contributed by atoms with van der Waals surface area (Å²) in [4.78, 5) is 32.7. The van der Waals surface area contributed by atoms with Crippen molar-refractivity contribution in [2.24, 2.45) is 0 Å². The monoisotopic (exact) mass is 498 g/mol. The van der Waals surface area contributed by atoms with Crippen LogP contribution in [-0.4, -0.2) is 56.4 Å². The standard InChI is InChI=1S/C29H34N4O2Si/c1-36(27-19-9-4-10-20-27,32(25-15-5-2-6-16-25)28(34)30-21-11-12-22-30)33(26-17-7-3-8-18-26)29(35)31-23-13-14-24-31/h2-10,15-20H,11-14,21-24H2,1H3. The molecule has 0 bridgehead atoms. The number of benzene rings is 3. The van der Waals surface area contributed by atoms with Gasteiger partial charge in [0.15, 0.2) is 0 Å². The number of nitrogens with zero attached hydrogens (tertiary/aromatic N) is 4. The Kier molecular flexibility index (Phi) is 7.09. The van der Waals surface area contributed by atoms with Gasteiger partial charge in [0.25, 0.3) is 0 Å². The lowest BCUT2D eigenvalue weighted by Gasteiger charge is -2.48. The van der Waals surface area contributed by atoms with Crippen molar-refractivity contribution in [3.63, 3.8) is 0 Å². The molecule has 0 N–H and O–H groups in total. The Morgan fingerprint density at radius 1 is 0.583 bits per heavy atom. The summed E-state index contributed by atoms with van der Waals surface area (Å²) in [6.45, 7) is 5.11. The van der Waals surface area contributed by atoms with E-state index < -0.39 is 8.40 Å². The van der Waals surface area contributed by atoms with Crippen LogP contribution in [0.25, 0.3) is 0 Å². The van der Waals surface area contributed by atoms with Crippen LogP contribution in [0, 0.1) is 0 Å². The first kappa shape index (κ1) is 24.1. The van der Waals surface area contributed by atoms with Gasteiger partial charge < -0.3 is 9.80 Å². The van der Waals surface area contributed by atoms with E-state index in [2.05, 4.69) is 18.7 Å². The number of anilines is 2. The maximum atomic E-state index is 14.4. The molecule has 2 fully saturated rings. The molecular weight excluding hydrogens is 464 g/mol. The summed E-state index contributed by atoms with van der Waals surface area (Å²) in [5.41, 5.74) is 1.64. The molecule has 2 aliphatic rings. The third-order valence-corrected chi connectivity index (χ3v) is 11.4. The van der Waals surface area contributed by atoms with Crippen molar-refractivity contribution < 1.29 is 9.59 Å². The maximum Gasteiger partial charge on any atom is 0.318 e. The Morgan fingerprint density at radius 2 is 0.917 bits per heavy atom. The second-order valence-electron chi connectivity index (χ2n) is 9.68. The molecule has 0 saturated carbocycles. The van der Waals surface area contributed by atoms with E-state index in [4.69, 9.17) is 0 Å². The minimum absolute atomic E-state index is 0.0214. The van der Waals surface area contributed by atoms with Crippen molar-refractivity contribution in [1.82, 2.24) is 9.80 Å². The normalized spacial score (nSPS) is 15.7. The number of para-hydroxylation sites is 2. The molecule has 186 valence electrons. The molecule has 0 spiro atoms. The van der Waals surface area contributed by atoms with Crippen LogP contribution in [0.2, 0.25) is 6.55 Å². The second kappa shape index (κ2) is 10.6. The zero-order valence-corrected chi connectivity index (χ0v) is 21.9. The van der Waals surface area contributed by atoms with E-state index in [-0.39, 0.29) is 12.1 Å². The smallest absolute Gasteiger partial charge is 0.318 e. The number of carbonyl (C=O) groups excluding carboxylic acids is 2. The molecule has 3 aromatic rings. The molecule has 2 heterocycles. The fourth-order valence-electron chi connectivity index (χ4n) is 5.46. The Balaban J connectivity index is 1.75. The number of amides is 4. The fourth-order valence-corrected chi connectivity index (χ4v) is 9.33. The van der Waals surface area contributed by atoms with Crippen LogP contribution in [0.3, 0.4) is 0 Å². The van der Waals surface area contributed by atoms with Crippen LogP contribution in [0.15, 0.2) is 91.0 Å². The van der Waals surface area contributed by atoms with Crippen molar-refractivity contribution in [1.29, 1.82) is 0 Å². The summed E-state index contributed by atoms with van der Waals surface area (Å²) in [6, 6.07) is 29.9. The topological polar surface area (TPSA) is 47.1 Å². The molecule has 0 aromatic heterocycles. The molecule has 0 atom stereocenters. The molecule has 2 aliphatic heterocycles. The molecule has 0 aliphatic carbocycles. The third kappa shape index (κ3) is 4.51. The first-order chi connectivity index (χ1) is 17.6. The van der Waals surface area contributed by atoms with Crippen molar-refractivity contribution in [3.05, 3.63) is 91.0 Å². The number of urea groups is 2. The molecule has 36 heavy (non-hydrogen) atoms. The van der Waals surface area contributed by atoms with Crippen molar-refractivity contribution in [3.8, 4) is 0 Å². The van der Waals surface area contributed by atoms with Crippen LogP contribution < -0.4 is 14.3 Å². The Hall–Kier alpha value is -3.58. The number of rotatable bonds is 5.